The molecule has 17 heavy (non-hydrogen) atoms. The van der Waals surface area contributed by atoms with Crippen molar-refractivity contribution in [3.05, 3.63) is 0 Å². The van der Waals surface area contributed by atoms with Crippen molar-refractivity contribution in [3.63, 3.8) is 0 Å². The quantitative estimate of drug-likeness (QED) is 0.791. The van der Waals surface area contributed by atoms with E-state index in [0.29, 0.717) is 26.1 Å². The first-order valence-corrected chi connectivity index (χ1v) is 8.07. The fraction of sp³-hybridized carbons (Fsp3) is 1.00. The second kappa shape index (κ2) is 5.65. The molecule has 100 valence electrons. The molecular weight excluding hydrogens is 240 g/mol. The van der Waals surface area contributed by atoms with Gasteiger partial charge in [0, 0.05) is 6.54 Å². The first kappa shape index (κ1) is 13.3. The molecule has 5 nitrogen and oxygen atoms in total. The first-order valence-electron chi connectivity index (χ1n) is 6.46. The van der Waals surface area contributed by atoms with Crippen LogP contribution in [-0.2, 0) is 14.8 Å². The van der Waals surface area contributed by atoms with Crippen molar-refractivity contribution < 1.29 is 13.2 Å². The standard InChI is InChI=1S/C11H22N2O3S/c12-6-3-9-17(14,15)13-7-8-16-11-5-2-1-4-10(11)13/h10-11H,1-9,12H2. The van der Waals surface area contributed by atoms with Crippen molar-refractivity contribution in [3.8, 4) is 0 Å². The number of hydrogen-bond donors (Lipinski definition) is 1. The van der Waals surface area contributed by atoms with E-state index >= 15 is 0 Å². The van der Waals surface area contributed by atoms with E-state index in [-0.39, 0.29) is 17.9 Å². The van der Waals surface area contributed by atoms with Gasteiger partial charge in [0.2, 0.25) is 10.0 Å². The lowest BCUT2D eigenvalue weighted by molar-refractivity contribution is -0.0585. The topological polar surface area (TPSA) is 72.6 Å². The summed E-state index contributed by atoms with van der Waals surface area (Å²) in [7, 11) is -3.14. The molecule has 2 atom stereocenters. The van der Waals surface area contributed by atoms with Crippen molar-refractivity contribution in [2.75, 3.05) is 25.4 Å². The minimum atomic E-state index is -3.14. The number of nitrogens with two attached hydrogens (primary N) is 1. The molecule has 0 radical (unpaired) electrons. The second-order valence-corrected chi connectivity index (χ2v) is 6.87. The zero-order valence-corrected chi connectivity index (χ0v) is 11.0. The van der Waals surface area contributed by atoms with Gasteiger partial charge in [-0.25, -0.2) is 8.42 Å². The summed E-state index contributed by atoms with van der Waals surface area (Å²) >= 11 is 0. The van der Waals surface area contributed by atoms with Crippen LogP contribution in [0.1, 0.15) is 32.1 Å². The Balaban J connectivity index is 2.07. The van der Waals surface area contributed by atoms with Crippen LogP contribution in [-0.4, -0.2) is 50.3 Å². The van der Waals surface area contributed by atoms with E-state index in [9.17, 15) is 8.42 Å². The van der Waals surface area contributed by atoms with E-state index in [4.69, 9.17) is 10.5 Å². The molecule has 1 aliphatic heterocycles. The maximum absolute atomic E-state index is 12.2. The normalized spacial score (nSPS) is 31.1. The van der Waals surface area contributed by atoms with Gasteiger partial charge in [-0.3, -0.25) is 0 Å². The molecule has 0 aromatic rings. The Morgan fingerprint density at radius 3 is 2.82 bits per heavy atom. The maximum atomic E-state index is 12.2. The van der Waals surface area contributed by atoms with Crippen LogP contribution >= 0.6 is 0 Å². The molecule has 2 fully saturated rings. The summed E-state index contributed by atoms with van der Waals surface area (Å²) in [6.07, 6.45) is 4.84. The number of sulfonamides is 1. The molecule has 1 heterocycles. The number of nitrogens with zero attached hydrogens (tertiary/aromatic N) is 1. The summed E-state index contributed by atoms with van der Waals surface area (Å²) in [5, 5.41) is 0. The van der Waals surface area contributed by atoms with Crippen LogP contribution in [0.2, 0.25) is 0 Å². The summed E-state index contributed by atoms with van der Waals surface area (Å²) in [5.41, 5.74) is 5.39. The van der Waals surface area contributed by atoms with Crippen molar-refractivity contribution >= 4 is 10.0 Å². The van der Waals surface area contributed by atoms with Gasteiger partial charge < -0.3 is 10.5 Å². The van der Waals surface area contributed by atoms with Crippen LogP contribution in [0.3, 0.4) is 0 Å². The van der Waals surface area contributed by atoms with E-state index in [1.54, 1.807) is 4.31 Å². The highest BCUT2D eigenvalue weighted by atomic mass is 32.2. The maximum Gasteiger partial charge on any atom is 0.214 e. The van der Waals surface area contributed by atoms with Crippen LogP contribution in [0.5, 0.6) is 0 Å². The minimum absolute atomic E-state index is 0.0697. The first-order chi connectivity index (χ1) is 8.15. The Hall–Kier alpha value is -0.170. The van der Waals surface area contributed by atoms with Gasteiger partial charge in [0.1, 0.15) is 0 Å². The Labute approximate surface area is 103 Å². The van der Waals surface area contributed by atoms with E-state index < -0.39 is 10.0 Å². The molecule has 2 aliphatic rings. The van der Waals surface area contributed by atoms with E-state index in [2.05, 4.69) is 0 Å². The van der Waals surface area contributed by atoms with Crippen LogP contribution < -0.4 is 5.73 Å². The molecule has 1 aliphatic carbocycles. The summed E-state index contributed by atoms with van der Waals surface area (Å²) in [6.45, 7) is 1.47. The fourth-order valence-electron chi connectivity index (χ4n) is 2.79. The molecular formula is C11H22N2O3S. The molecule has 0 aromatic carbocycles. The third-order valence-corrected chi connectivity index (χ3v) is 5.62. The van der Waals surface area contributed by atoms with Crippen molar-refractivity contribution in [1.29, 1.82) is 0 Å². The Kier molecular flexibility index (Phi) is 4.41. The molecule has 1 saturated heterocycles. The second-order valence-electron chi connectivity index (χ2n) is 4.83. The average molecular weight is 262 g/mol. The molecule has 6 heteroatoms. The summed E-state index contributed by atoms with van der Waals surface area (Å²) < 4.78 is 31.8. The van der Waals surface area contributed by atoms with Gasteiger partial charge in [-0.2, -0.15) is 4.31 Å². The third-order valence-electron chi connectivity index (χ3n) is 3.64. The number of hydrogen-bond acceptors (Lipinski definition) is 4. The van der Waals surface area contributed by atoms with Crippen LogP contribution in [0.15, 0.2) is 0 Å². The van der Waals surface area contributed by atoms with Gasteiger partial charge in [0.05, 0.1) is 24.5 Å². The highest BCUT2D eigenvalue weighted by Gasteiger charge is 2.39. The highest BCUT2D eigenvalue weighted by molar-refractivity contribution is 7.89. The van der Waals surface area contributed by atoms with Gasteiger partial charge in [-0.15, -0.1) is 0 Å². The fourth-order valence-corrected chi connectivity index (χ4v) is 4.56. The number of ether oxygens (including phenoxy) is 1. The lowest BCUT2D eigenvalue weighted by atomic mass is 9.91. The zero-order chi connectivity index (χ0) is 12.3. The molecule has 1 saturated carbocycles. The van der Waals surface area contributed by atoms with Gasteiger partial charge in [-0.1, -0.05) is 12.8 Å². The molecule has 2 rings (SSSR count). The van der Waals surface area contributed by atoms with Crippen LogP contribution in [0.4, 0.5) is 0 Å². The molecule has 2 unspecified atom stereocenters. The predicted octanol–water partition coefficient (Wildman–Crippen LogP) is 0.308. The van der Waals surface area contributed by atoms with Crippen molar-refractivity contribution in [2.24, 2.45) is 5.73 Å². The predicted molar refractivity (Wildman–Crippen MR) is 66.2 cm³/mol. The molecule has 0 amide bonds. The number of rotatable bonds is 4. The van der Waals surface area contributed by atoms with Crippen molar-refractivity contribution in [2.45, 2.75) is 44.2 Å². The van der Waals surface area contributed by atoms with E-state index in [0.717, 1.165) is 25.7 Å². The molecule has 0 spiro atoms. The van der Waals surface area contributed by atoms with Crippen LogP contribution in [0.25, 0.3) is 0 Å². The third kappa shape index (κ3) is 2.99. The Morgan fingerprint density at radius 2 is 2.06 bits per heavy atom. The van der Waals surface area contributed by atoms with E-state index in [1.165, 1.54) is 0 Å². The van der Waals surface area contributed by atoms with Gasteiger partial charge in [0.25, 0.3) is 0 Å². The smallest absolute Gasteiger partial charge is 0.214 e. The Morgan fingerprint density at radius 1 is 1.29 bits per heavy atom. The molecule has 2 N–H and O–H groups in total. The number of fused-ring (bicyclic) bond motifs is 1. The SMILES string of the molecule is NCCCS(=O)(=O)N1CCOC2CCCCC21. The monoisotopic (exact) mass is 262 g/mol. The highest BCUT2D eigenvalue weighted by Crippen LogP contribution is 2.30. The average Bonchev–Trinajstić information content (AvgIpc) is 2.36. The van der Waals surface area contributed by atoms with Crippen LogP contribution in [0, 0.1) is 0 Å². The van der Waals surface area contributed by atoms with Gasteiger partial charge in [0.15, 0.2) is 0 Å². The van der Waals surface area contributed by atoms with E-state index in [1.807, 2.05) is 0 Å². The lowest BCUT2D eigenvalue weighted by Gasteiger charge is -2.42. The zero-order valence-electron chi connectivity index (χ0n) is 10.2. The van der Waals surface area contributed by atoms with Gasteiger partial charge >= 0.3 is 0 Å². The van der Waals surface area contributed by atoms with Gasteiger partial charge in [-0.05, 0) is 25.8 Å². The van der Waals surface area contributed by atoms with Crippen molar-refractivity contribution in [1.82, 2.24) is 4.31 Å². The molecule has 0 bridgehead atoms. The summed E-state index contributed by atoms with van der Waals surface area (Å²) in [5.74, 6) is 0.173. The number of morpholine rings is 1. The molecule has 0 aromatic heterocycles. The summed E-state index contributed by atoms with van der Waals surface area (Å²) in [6, 6.07) is 0.0697. The minimum Gasteiger partial charge on any atom is -0.375 e. The largest absolute Gasteiger partial charge is 0.375 e. The summed E-state index contributed by atoms with van der Waals surface area (Å²) in [4.78, 5) is 0. The lowest BCUT2D eigenvalue weighted by Crippen LogP contribution is -2.55. The Bertz CT molecular complexity index is 343.